The minimum Gasteiger partial charge on any atom is -0.351 e. The van der Waals surface area contributed by atoms with E-state index < -0.39 is 0 Å². The standard InChI is InChI=1S/C14H26N2O/c1-2-14(7-4-8-14)16-13(17)10-11-5-3-6-12(15)9-11/h11-12H,2-10,15H2,1H3,(H,16,17). The van der Waals surface area contributed by atoms with Crippen LogP contribution in [-0.2, 0) is 4.79 Å². The molecule has 98 valence electrons. The van der Waals surface area contributed by atoms with Crippen LogP contribution in [0, 0.1) is 5.92 Å². The van der Waals surface area contributed by atoms with Gasteiger partial charge in [0, 0.05) is 18.0 Å². The number of rotatable bonds is 4. The van der Waals surface area contributed by atoms with Crippen LogP contribution in [-0.4, -0.2) is 17.5 Å². The molecule has 2 fully saturated rings. The molecule has 3 nitrogen and oxygen atoms in total. The second kappa shape index (κ2) is 5.38. The van der Waals surface area contributed by atoms with Gasteiger partial charge >= 0.3 is 0 Å². The van der Waals surface area contributed by atoms with E-state index in [1.165, 1.54) is 32.1 Å². The van der Waals surface area contributed by atoms with E-state index in [9.17, 15) is 4.79 Å². The predicted molar refractivity (Wildman–Crippen MR) is 69.6 cm³/mol. The van der Waals surface area contributed by atoms with E-state index in [2.05, 4.69) is 12.2 Å². The number of nitrogens with one attached hydrogen (secondary N) is 1. The first-order valence-electron chi connectivity index (χ1n) is 7.20. The van der Waals surface area contributed by atoms with Crippen LogP contribution in [0.1, 0.15) is 64.7 Å². The van der Waals surface area contributed by atoms with Gasteiger partial charge in [-0.2, -0.15) is 0 Å². The molecule has 17 heavy (non-hydrogen) atoms. The van der Waals surface area contributed by atoms with Crippen molar-refractivity contribution in [3.8, 4) is 0 Å². The Kier molecular flexibility index (Phi) is 4.08. The summed E-state index contributed by atoms with van der Waals surface area (Å²) in [5.74, 6) is 0.776. The molecule has 0 radical (unpaired) electrons. The molecule has 2 rings (SSSR count). The molecule has 0 aliphatic heterocycles. The van der Waals surface area contributed by atoms with Gasteiger partial charge in [-0.05, 0) is 50.9 Å². The van der Waals surface area contributed by atoms with Crippen molar-refractivity contribution < 1.29 is 4.79 Å². The number of hydrogen-bond acceptors (Lipinski definition) is 2. The maximum atomic E-state index is 12.0. The van der Waals surface area contributed by atoms with Crippen molar-refractivity contribution in [1.82, 2.24) is 5.32 Å². The second-order valence-corrected chi connectivity index (χ2v) is 6.03. The molecule has 0 bridgehead atoms. The van der Waals surface area contributed by atoms with E-state index in [4.69, 9.17) is 5.73 Å². The molecule has 0 aromatic rings. The molecule has 0 aromatic carbocycles. The summed E-state index contributed by atoms with van der Waals surface area (Å²) < 4.78 is 0. The van der Waals surface area contributed by atoms with Crippen molar-refractivity contribution in [2.24, 2.45) is 11.7 Å². The van der Waals surface area contributed by atoms with Crippen molar-refractivity contribution >= 4 is 5.91 Å². The molecule has 0 spiro atoms. The highest BCUT2D eigenvalue weighted by Crippen LogP contribution is 2.35. The Morgan fingerprint density at radius 3 is 2.65 bits per heavy atom. The number of hydrogen-bond donors (Lipinski definition) is 2. The lowest BCUT2D eigenvalue weighted by molar-refractivity contribution is -0.125. The Hall–Kier alpha value is -0.570. The van der Waals surface area contributed by atoms with Gasteiger partial charge in [-0.1, -0.05) is 13.3 Å². The van der Waals surface area contributed by atoms with E-state index in [0.29, 0.717) is 18.4 Å². The fraction of sp³-hybridized carbons (Fsp3) is 0.929. The summed E-state index contributed by atoms with van der Waals surface area (Å²) in [6.45, 7) is 2.18. The lowest BCUT2D eigenvalue weighted by Crippen LogP contribution is -2.53. The van der Waals surface area contributed by atoms with Crippen LogP contribution >= 0.6 is 0 Å². The second-order valence-electron chi connectivity index (χ2n) is 6.03. The van der Waals surface area contributed by atoms with Gasteiger partial charge in [0.1, 0.15) is 0 Å². The van der Waals surface area contributed by atoms with Crippen molar-refractivity contribution in [2.75, 3.05) is 0 Å². The maximum Gasteiger partial charge on any atom is 0.220 e. The monoisotopic (exact) mass is 238 g/mol. The van der Waals surface area contributed by atoms with Gasteiger partial charge in [-0.25, -0.2) is 0 Å². The molecule has 0 heterocycles. The van der Waals surface area contributed by atoms with Gasteiger partial charge in [0.15, 0.2) is 0 Å². The Bertz CT molecular complexity index is 268. The first-order chi connectivity index (χ1) is 8.13. The summed E-state index contributed by atoms with van der Waals surface area (Å²) in [6, 6.07) is 0.324. The van der Waals surface area contributed by atoms with Crippen molar-refractivity contribution in [2.45, 2.75) is 76.3 Å². The van der Waals surface area contributed by atoms with Crippen LogP contribution in [0.25, 0.3) is 0 Å². The lowest BCUT2D eigenvalue weighted by atomic mass is 9.74. The molecule has 2 saturated carbocycles. The highest BCUT2D eigenvalue weighted by molar-refractivity contribution is 5.77. The molecule has 0 saturated heterocycles. The summed E-state index contributed by atoms with van der Waals surface area (Å²) in [5, 5.41) is 3.26. The molecule has 2 aliphatic rings. The number of amides is 1. The highest BCUT2D eigenvalue weighted by atomic mass is 16.1. The zero-order valence-electron chi connectivity index (χ0n) is 11.0. The first kappa shape index (κ1) is 12.9. The van der Waals surface area contributed by atoms with Crippen molar-refractivity contribution in [1.29, 1.82) is 0 Å². The normalized spacial score (nSPS) is 31.6. The number of carbonyl (C=O) groups is 1. The Morgan fingerprint density at radius 2 is 2.12 bits per heavy atom. The third-order valence-corrected chi connectivity index (χ3v) is 4.69. The van der Waals surface area contributed by atoms with E-state index in [1.54, 1.807) is 0 Å². The molecule has 3 heteroatoms. The zero-order chi connectivity index (χ0) is 12.3. The van der Waals surface area contributed by atoms with Gasteiger partial charge in [0.2, 0.25) is 5.91 Å². The van der Waals surface area contributed by atoms with Crippen LogP contribution in [0.15, 0.2) is 0 Å². The molecule has 2 atom stereocenters. The molecule has 1 amide bonds. The third kappa shape index (κ3) is 3.21. The summed E-state index contributed by atoms with van der Waals surface area (Å²) in [6.07, 6.45) is 9.90. The molecular weight excluding hydrogens is 212 g/mol. The SMILES string of the molecule is CCC1(NC(=O)CC2CCCC(N)C2)CCC1. The van der Waals surface area contributed by atoms with Gasteiger partial charge < -0.3 is 11.1 Å². The van der Waals surface area contributed by atoms with Crippen LogP contribution in [0.3, 0.4) is 0 Å². The fourth-order valence-electron chi connectivity index (χ4n) is 3.30. The van der Waals surface area contributed by atoms with Crippen LogP contribution < -0.4 is 11.1 Å². The Balaban J connectivity index is 1.76. The molecular formula is C14H26N2O. The van der Waals surface area contributed by atoms with E-state index in [0.717, 1.165) is 19.3 Å². The Labute approximate surface area is 105 Å². The van der Waals surface area contributed by atoms with E-state index >= 15 is 0 Å². The zero-order valence-corrected chi connectivity index (χ0v) is 11.0. The van der Waals surface area contributed by atoms with Gasteiger partial charge in [0.05, 0.1) is 0 Å². The lowest BCUT2D eigenvalue weighted by Gasteiger charge is -2.42. The van der Waals surface area contributed by atoms with Gasteiger partial charge in [-0.3, -0.25) is 4.79 Å². The van der Waals surface area contributed by atoms with Gasteiger partial charge in [0.25, 0.3) is 0 Å². The Morgan fingerprint density at radius 1 is 1.35 bits per heavy atom. The summed E-state index contributed by atoms with van der Waals surface area (Å²) in [7, 11) is 0. The minimum absolute atomic E-state index is 0.147. The molecule has 3 N–H and O–H groups in total. The minimum atomic E-state index is 0.147. The fourth-order valence-corrected chi connectivity index (χ4v) is 3.30. The average Bonchev–Trinajstić information content (AvgIpc) is 2.23. The smallest absolute Gasteiger partial charge is 0.220 e. The average molecular weight is 238 g/mol. The quantitative estimate of drug-likeness (QED) is 0.790. The van der Waals surface area contributed by atoms with Crippen molar-refractivity contribution in [3.05, 3.63) is 0 Å². The molecule has 0 aromatic heterocycles. The third-order valence-electron chi connectivity index (χ3n) is 4.69. The number of nitrogens with two attached hydrogens (primary N) is 1. The summed E-state index contributed by atoms with van der Waals surface area (Å²) in [5.41, 5.74) is 6.11. The van der Waals surface area contributed by atoms with Crippen LogP contribution in [0.4, 0.5) is 0 Å². The van der Waals surface area contributed by atoms with Crippen LogP contribution in [0.2, 0.25) is 0 Å². The number of carbonyl (C=O) groups excluding carboxylic acids is 1. The van der Waals surface area contributed by atoms with Crippen LogP contribution in [0.5, 0.6) is 0 Å². The van der Waals surface area contributed by atoms with E-state index in [-0.39, 0.29) is 11.4 Å². The highest BCUT2D eigenvalue weighted by Gasteiger charge is 2.36. The van der Waals surface area contributed by atoms with E-state index in [1.807, 2.05) is 0 Å². The topological polar surface area (TPSA) is 55.1 Å². The summed E-state index contributed by atoms with van der Waals surface area (Å²) >= 11 is 0. The maximum absolute atomic E-state index is 12.0. The largest absolute Gasteiger partial charge is 0.351 e. The predicted octanol–water partition coefficient (Wildman–Crippen LogP) is 2.34. The molecule has 2 aliphatic carbocycles. The van der Waals surface area contributed by atoms with Crippen molar-refractivity contribution in [3.63, 3.8) is 0 Å². The van der Waals surface area contributed by atoms with Gasteiger partial charge in [-0.15, -0.1) is 0 Å². The first-order valence-corrected chi connectivity index (χ1v) is 7.20. The molecule has 2 unspecified atom stereocenters. The summed E-state index contributed by atoms with van der Waals surface area (Å²) in [4.78, 5) is 12.0.